The highest BCUT2D eigenvalue weighted by Crippen LogP contribution is 2.28. The molecule has 0 aromatic rings. The Kier molecular flexibility index (Phi) is 2.95. The zero-order valence-corrected chi connectivity index (χ0v) is 9.26. The summed E-state index contributed by atoms with van der Waals surface area (Å²) >= 11 is 0. The second kappa shape index (κ2) is 3.69. The van der Waals surface area contributed by atoms with Crippen molar-refractivity contribution >= 4 is 11.8 Å². The molecule has 2 amide bonds. The van der Waals surface area contributed by atoms with Gasteiger partial charge in [-0.2, -0.15) is 0 Å². The van der Waals surface area contributed by atoms with Gasteiger partial charge in [0.2, 0.25) is 11.8 Å². The van der Waals surface area contributed by atoms with Crippen molar-refractivity contribution in [2.45, 2.75) is 32.7 Å². The molecule has 1 fully saturated rings. The molecule has 2 unspecified atom stereocenters. The fourth-order valence-electron chi connectivity index (χ4n) is 1.84. The summed E-state index contributed by atoms with van der Waals surface area (Å²) in [6, 6.07) is 0. The number of carbonyl (C=O) groups is 2. The third kappa shape index (κ3) is 1.54. The number of likely N-dealkylation sites (N-methyl/N-ethyl adjacent to an activating group) is 1. The average molecular weight is 198 g/mol. The lowest BCUT2D eigenvalue weighted by atomic mass is 9.81. The summed E-state index contributed by atoms with van der Waals surface area (Å²) in [7, 11) is 1.82. The molecule has 0 bridgehead atoms. The molecule has 0 saturated carbocycles. The van der Waals surface area contributed by atoms with Crippen molar-refractivity contribution in [3.63, 3.8) is 0 Å². The number of hydrogen-bond acceptors (Lipinski definition) is 3. The molecule has 80 valence electrons. The number of hydrogen-bond donors (Lipinski definition) is 1. The number of nitrogens with one attached hydrogen (secondary N) is 1. The molecular formula is C10H18N2O2. The Morgan fingerprint density at radius 3 is 2.57 bits per heavy atom. The SMILES string of the molecule is CCC(C)C1(C)C(=O)NC(=O)CN1C. The van der Waals surface area contributed by atoms with Gasteiger partial charge in [-0.3, -0.25) is 19.8 Å². The molecule has 1 saturated heterocycles. The van der Waals surface area contributed by atoms with Gasteiger partial charge < -0.3 is 0 Å². The van der Waals surface area contributed by atoms with Gasteiger partial charge in [-0.1, -0.05) is 20.3 Å². The zero-order valence-electron chi connectivity index (χ0n) is 9.26. The van der Waals surface area contributed by atoms with Gasteiger partial charge >= 0.3 is 0 Å². The van der Waals surface area contributed by atoms with E-state index < -0.39 is 5.54 Å². The van der Waals surface area contributed by atoms with Crippen molar-refractivity contribution in [1.82, 2.24) is 10.2 Å². The maximum Gasteiger partial charge on any atom is 0.247 e. The van der Waals surface area contributed by atoms with Crippen LogP contribution in [0.4, 0.5) is 0 Å². The van der Waals surface area contributed by atoms with Crippen LogP contribution in [-0.2, 0) is 9.59 Å². The first-order valence-corrected chi connectivity index (χ1v) is 4.98. The van der Waals surface area contributed by atoms with Gasteiger partial charge in [-0.25, -0.2) is 0 Å². The summed E-state index contributed by atoms with van der Waals surface area (Å²) in [6.45, 7) is 6.27. The van der Waals surface area contributed by atoms with Gasteiger partial charge in [0.05, 0.1) is 6.54 Å². The Hall–Kier alpha value is -0.900. The van der Waals surface area contributed by atoms with E-state index in [1.54, 1.807) is 0 Å². The molecule has 0 aliphatic carbocycles. The van der Waals surface area contributed by atoms with E-state index in [0.717, 1.165) is 6.42 Å². The highest BCUT2D eigenvalue weighted by molar-refractivity contribution is 6.03. The number of nitrogens with zero attached hydrogens (tertiary/aromatic N) is 1. The largest absolute Gasteiger partial charge is 0.294 e. The third-order valence-corrected chi connectivity index (χ3v) is 3.46. The summed E-state index contributed by atoms with van der Waals surface area (Å²) in [4.78, 5) is 24.7. The predicted molar refractivity (Wildman–Crippen MR) is 53.6 cm³/mol. The number of amides is 2. The molecular weight excluding hydrogens is 180 g/mol. The van der Waals surface area contributed by atoms with Crippen LogP contribution in [0.1, 0.15) is 27.2 Å². The number of piperazine rings is 1. The minimum Gasteiger partial charge on any atom is -0.294 e. The molecule has 1 N–H and O–H groups in total. The highest BCUT2D eigenvalue weighted by Gasteiger charge is 2.45. The van der Waals surface area contributed by atoms with Crippen LogP contribution in [0.25, 0.3) is 0 Å². The first-order valence-electron chi connectivity index (χ1n) is 4.98. The lowest BCUT2D eigenvalue weighted by Crippen LogP contribution is -2.66. The minimum atomic E-state index is -0.553. The van der Waals surface area contributed by atoms with Gasteiger partial charge in [0.15, 0.2) is 0 Å². The first kappa shape index (κ1) is 11.2. The summed E-state index contributed by atoms with van der Waals surface area (Å²) < 4.78 is 0. The fraction of sp³-hybridized carbons (Fsp3) is 0.800. The smallest absolute Gasteiger partial charge is 0.247 e. The number of carbonyl (C=O) groups excluding carboxylic acids is 2. The number of rotatable bonds is 2. The molecule has 4 heteroatoms. The Morgan fingerprint density at radius 1 is 1.57 bits per heavy atom. The molecule has 0 radical (unpaired) electrons. The minimum absolute atomic E-state index is 0.175. The normalized spacial score (nSPS) is 31.4. The summed E-state index contributed by atoms with van der Waals surface area (Å²) in [6.07, 6.45) is 0.919. The maximum atomic E-state index is 11.8. The fourth-order valence-corrected chi connectivity index (χ4v) is 1.84. The van der Waals surface area contributed by atoms with E-state index in [1.165, 1.54) is 0 Å². The summed E-state index contributed by atoms with van der Waals surface area (Å²) in [5, 5.41) is 2.40. The maximum absolute atomic E-state index is 11.8. The van der Waals surface area contributed by atoms with Gasteiger partial charge in [-0.15, -0.1) is 0 Å². The van der Waals surface area contributed by atoms with Crippen LogP contribution < -0.4 is 5.32 Å². The van der Waals surface area contributed by atoms with E-state index in [1.807, 2.05) is 32.7 Å². The van der Waals surface area contributed by atoms with E-state index >= 15 is 0 Å². The van der Waals surface area contributed by atoms with E-state index in [0.29, 0.717) is 6.54 Å². The lowest BCUT2D eigenvalue weighted by Gasteiger charge is -2.44. The van der Waals surface area contributed by atoms with Crippen LogP contribution in [0, 0.1) is 5.92 Å². The molecule has 2 atom stereocenters. The van der Waals surface area contributed by atoms with Crippen LogP contribution in [0.2, 0.25) is 0 Å². The van der Waals surface area contributed by atoms with Crippen LogP contribution in [-0.4, -0.2) is 35.8 Å². The van der Waals surface area contributed by atoms with E-state index in [2.05, 4.69) is 5.32 Å². The first-order chi connectivity index (χ1) is 6.42. The van der Waals surface area contributed by atoms with E-state index in [4.69, 9.17) is 0 Å². The van der Waals surface area contributed by atoms with Crippen LogP contribution in [0.3, 0.4) is 0 Å². The standard InChI is InChI=1S/C10H18N2O2/c1-5-7(2)10(3)9(14)11-8(13)6-12(10)4/h7H,5-6H2,1-4H3,(H,11,13,14). The lowest BCUT2D eigenvalue weighted by molar-refractivity contribution is -0.147. The third-order valence-electron chi connectivity index (χ3n) is 3.46. The van der Waals surface area contributed by atoms with E-state index in [9.17, 15) is 9.59 Å². The summed E-state index contributed by atoms with van der Waals surface area (Å²) in [5.74, 6) is -0.149. The summed E-state index contributed by atoms with van der Waals surface area (Å²) in [5.41, 5.74) is -0.553. The second-order valence-electron chi connectivity index (χ2n) is 4.19. The Labute approximate surface area is 84.7 Å². The monoisotopic (exact) mass is 198 g/mol. The molecule has 4 nitrogen and oxygen atoms in total. The molecule has 1 aliphatic heterocycles. The van der Waals surface area contributed by atoms with Gasteiger partial charge in [0, 0.05) is 0 Å². The van der Waals surface area contributed by atoms with Crippen LogP contribution >= 0.6 is 0 Å². The topological polar surface area (TPSA) is 49.4 Å². The second-order valence-corrected chi connectivity index (χ2v) is 4.19. The molecule has 0 aromatic carbocycles. The van der Waals surface area contributed by atoms with Crippen molar-refractivity contribution in [3.05, 3.63) is 0 Å². The van der Waals surface area contributed by atoms with Crippen molar-refractivity contribution in [2.24, 2.45) is 5.92 Å². The Bertz CT molecular complexity index is 265. The molecule has 0 spiro atoms. The van der Waals surface area contributed by atoms with Crippen molar-refractivity contribution in [3.8, 4) is 0 Å². The van der Waals surface area contributed by atoms with Crippen LogP contribution in [0.15, 0.2) is 0 Å². The Morgan fingerprint density at radius 2 is 2.14 bits per heavy atom. The molecule has 1 aliphatic rings. The zero-order chi connectivity index (χ0) is 10.9. The quantitative estimate of drug-likeness (QED) is 0.653. The van der Waals surface area contributed by atoms with Crippen molar-refractivity contribution in [1.29, 1.82) is 0 Å². The van der Waals surface area contributed by atoms with Crippen molar-refractivity contribution < 1.29 is 9.59 Å². The van der Waals surface area contributed by atoms with Gasteiger partial charge in [-0.05, 0) is 19.9 Å². The van der Waals surface area contributed by atoms with Gasteiger partial charge in [0.1, 0.15) is 5.54 Å². The van der Waals surface area contributed by atoms with E-state index in [-0.39, 0.29) is 17.7 Å². The molecule has 1 heterocycles. The Balaban J connectivity index is 2.95. The molecule has 14 heavy (non-hydrogen) atoms. The highest BCUT2D eigenvalue weighted by atomic mass is 16.2. The predicted octanol–water partition coefficient (Wildman–Crippen LogP) is 0.379. The van der Waals surface area contributed by atoms with Crippen LogP contribution in [0.5, 0.6) is 0 Å². The van der Waals surface area contributed by atoms with Crippen molar-refractivity contribution in [2.75, 3.05) is 13.6 Å². The average Bonchev–Trinajstić information content (AvgIpc) is 2.12. The molecule has 1 rings (SSSR count). The number of imide groups is 1. The van der Waals surface area contributed by atoms with Gasteiger partial charge in [0.25, 0.3) is 0 Å². The molecule has 0 aromatic heterocycles.